The molecule has 0 radical (unpaired) electrons. The summed E-state index contributed by atoms with van der Waals surface area (Å²) in [4.78, 5) is 11.9. The average Bonchev–Trinajstić information content (AvgIpc) is 2.55. The van der Waals surface area contributed by atoms with Crippen molar-refractivity contribution in [1.82, 2.24) is 0 Å². The maximum Gasteiger partial charge on any atom is 0.387 e. The van der Waals surface area contributed by atoms with Crippen LogP contribution >= 0.6 is 0 Å². The lowest BCUT2D eigenvalue weighted by Crippen LogP contribution is -2.06. The Morgan fingerprint density at radius 2 is 1.67 bits per heavy atom. The molecule has 0 aliphatic carbocycles. The molecule has 0 unspecified atom stereocenters. The van der Waals surface area contributed by atoms with Crippen LogP contribution in [-0.4, -0.2) is 19.2 Å². The van der Waals surface area contributed by atoms with Crippen LogP contribution in [0.1, 0.15) is 12.5 Å². The number of carbonyl (C=O) groups excluding carboxylic acids is 1. The van der Waals surface area contributed by atoms with Gasteiger partial charge >= 0.3 is 12.6 Å². The van der Waals surface area contributed by atoms with Crippen molar-refractivity contribution in [3.8, 4) is 17.2 Å². The third-order valence-electron chi connectivity index (χ3n) is 2.89. The highest BCUT2D eigenvalue weighted by atomic mass is 19.3. The molecule has 0 N–H and O–H groups in total. The number of ether oxygens (including phenoxy) is 3. The van der Waals surface area contributed by atoms with Crippen molar-refractivity contribution in [3.63, 3.8) is 0 Å². The van der Waals surface area contributed by atoms with Crippen LogP contribution in [0.2, 0.25) is 0 Å². The smallest absolute Gasteiger partial charge is 0.387 e. The van der Waals surface area contributed by atoms with Crippen LogP contribution in [0, 0.1) is 0 Å². The first-order chi connectivity index (χ1) is 11.6. The maximum atomic E-state index is 12.4. The van der Waals surface area contributed by atoms with Gasteiger partial charge in [-0.3, -0.25) is 0 Å². The van der Waals surface area contributed by atoms with Crippen molar-refractivity contribution in [2.75, 3.05) is 6.61 Å². The molecule has 0 atom stereocenters. The van der Waals surface area contributed by atoms with Gasteiger partial charge in [0.1, 0.15) is 5.75 Å². The number of rotatable bonds is 7. The van der Waals surface area contributed by atoms with Crippen LogP contribution in [0.25, 0.3) is 6.08 Å². The standard InChI is InChI=1S/C18H16F2O4/c1-2-22-15-9-5-6-10-16(15)23-17(21)12-11-13-7-3-4-8-14(13)24-18(19)20/h3-12,18H,2H2,1H3/b12-11+. The van der Waals surface area contributed by atoms with E-state index in [0.29, 0.717) is 17.9 Å². The molecule has 0 spiro atoms. The van der Waals surface area contributed by atoms with E-state index in [4.69, 9.17) is 9.47 Å². The van der Waals surface area contributed by atoms with Crippen molar-refractivity contribution < 1.29 is 27.8 Å². The molecule has 0 aromatic heterocycles. The van der Waals surface area contributed by atoms with E-state index in [2.05, 4.69) is 4.74 Å². The number of halogens is 2. The SMILES string of the molecule is CCOc1ccccc1OC(=O)/C=C/c1ccccc1OC(F)F. The number of hydrogen-bond acceptors (Lipinski definition) is 4. The van der Waals surface area contributed by atoms with Crippen LogP contribution in [0.3, 0.4) is 0 Å². The van der Waals surface area contributed by atoms with Gasteiger partial charge in [0.15, 0.2) is 11.5 Å². The van der Waals surface area contributed by atoms with E-state index < -0.39 is 12.6 Å². The quantitative estimate of drug-likeness (QED) is 0.430. The molecule has 2 aromatic carbocycles. The molecule has 0 saturated heterocycles. The van der Waals surface area contributed by atoms with Gasteiger partial charge in [0.25, 0.3) is 0 Å². The minimum absolute atomic E-state index is 0.0220. The Bertz CT molecular complexity index is 714. The molecule has 0 heterocycles. The first kappa shape index (κ1) is 17.5. The fourth-order valence-corrected chi connectivity index (χ4v) is 1.93. The van der Waals surface area contributed by atoms with E-state index in [1.54, 1.807) is 42.5 Å². The highest BCUT2D eigenvalue weighted by molar-refractivity contribution is 5.89. The fraction of sp³-hybridized carbons (Fsp3) is 0.167. The van der Waals surface area contributed by atoms with E-state index in [-0.39, 0.29) is 11.5 Å². The summed E-state index contributed by atoms with van der Waals surface area (Å²) in [5.74, 6) is 0.0505. The minimum Gasteiger partial charge on any atom is -0.490 e. The van der Waals surface area contributed by atoms with Crippen molar-refractivity contribution in [2.45, 2.75) is 13.5 Å². The lowest BCUT2D eigenvalue weighted by atomic mass is 10.2. The highest BCUT2D eigenvalue weighted by Gasteiger charge is 2.09. The van der Waals surface area contributed by atoms with Gasteiger partial charge in [-0.25, -0.2) is 4.79 Å². The molecule has 2 rings (SSSR count). The third kappa shape index (κ3) is 5.08. The monoisotopic (exact) mass is 334 g/mol. The maximum absolute atomic E-state index is 12.4. The summed E-state index contributed by atoms with van der Waals surface area (Å²) in [6.45, 7) is -0.689. The summed E-state index contributed by atoms with van der Waals surface area (Å²) in [7, 11) is 0. The fourth-order valence-electron chi connectivity index (χ4n) is 1.93. The van der Waals surface area contributed by atoms with E-state index in [1.807, 2.05) is 6.92 Å². The molecule has 0 saturated carbocycles. The first-order valence-corrected chi connectivity index (χ1v) is 7.25. The summed E-state index contributed by atoms with van der Waals surface area (Å²) in [5, 5.41) is 0. The Labute approximate surface area is 138 Å². The van der Waals surface area contributed by atoms with E-state index in [9.17, 15) is 13.6 Å². The van der Waals surface area contributed by atoms with Crippen molar-refractivity contribution in [1.29, 1.82) is 0 Å². The van der Waals surface area contributed by atoms with Crippen LogP contribution in [0.5, 0.6) is 17.2 Å². The van der Waals surface area contributed by atoms with Gasteiger partial charge in [-0.05, 0) is 31.2 Å². The zero-order valence-electron chi connectivity index (χ0n) is 12.9. The van der Waals surface area contributed by atoms with Gasteiger partial charge in [0, 0.05) is 11.6 Å². The zero-order chi connectivity index (χ0) is 17.4. The molecule has 0 fully saturated rings. The number of hydrogen-bond donors (Lipinski definition) is 0. The number of para-hydroxylation sites is 3. The lowest BCUT2D eigenvalue weighted by Gasteiger charge is -2.09. The van der Waals surface area contributed by atoms with Gasteiger partial charge in [-0.15, -0.1) is 0 Å². The molecule has 24 heavy (non-hydrogen) atoms. The summed E-state index contributed by atoms with van der Waals surface area (Å²) >= 11 is 0. The van der Waals surface area contributed by atoms with Crippen LogP contribution in [0.4, 0.5) is 8.78 Å². The molecule has 0 aliphatic heterocycles. The number of benzene rings is 2. The summed E-state index contributed by atoms with van der Waals surface area (Å²) < 4.78 is 39.7. The first-order valence-electron chi connectivity index (χ1n) is 7.25. The van der Waals surface area contributed by atoms with Gasteiger partial charge in [0.2, 0.25) is 0 Å². The largest absolute Gasteiger partial charge is 0.490 e. The highest BCUT2D eigenvalue weighted by Crippen LogP contribution is 2.27. The molecule has 0 aliphatic rings. The normalized spacial score (nSPS) is 10.8. The van der Waals surface area contributed by atoms with E-state index in [1.165, 1.54) is 12.1 Å². The topological polar surface area (TPSA) is 44.8 Å². The van der Waals surface area contributed by atoms with E-state index >= 15 is 0 Å². The molecule has 0 bridgehead atoms. The Hall–Kier alpha value is -2.89. The molecular weight excluding hydrogens is 318 g/mol. The summed E-state index contributed by atoms with van der Waals surface area (Å²) in [5.41, 5.74) is 0.341. The van der Waals surface area contributed by atoms with E-state index in [0.717, 1.165) is 6.08 Å². The number of esters is 1. The Kier molecular flexibility index (Phi) is 6.31. The van der Waals surface area contributed by atoms with Gasteiger partial charge < -0.3 is 14.2 Å². The minimum atomic E-state index is -2.94. The second-order valence-corrected chi connectivity index (χ2v) is 4.55. The molecule has 6 heteroatoms. The zero-order valence-corrected chi connectivity index (χ0v) is 12.9. The van der Waals surface area contributed by atoms with Crippen molar-refractivity contribution in [2.24, 2.45) is 0 Å². The molecule has 4 nitrogen and oxygen atoms in total. The number of carbonyl (C=O) groups is 1. The Balaban J connectivity index is 2.09. The van der Waals surface area contributed by atoms with Crippen molar-refractivity contribution >= 4 is 12.0 Å². The summed E-state index contributed by atoms with van der Waals surface area (Å²) in [6.07, 6.45) is 2.49. The molecule has 0 amide bonds. The predicted octanol–water partition coefficient (Wildman–Crippen LogP) is 4.31. The van der Waals surface area contributed by atoms with Crippen LogP contribution in [-0.2, 0) is 4.79 Å². The average molecular weight is 334 g/mol. The second-order valence-electron chi connectivity index (χ2n) is 4.55. The molecule has 126 valence electrons. The Morgan fingerprint density at radius 1 is 1.04 bits per heavy atom. The third-order valence-corrected chi connectivity index (χ3v) is 2.89. The Morgan fingerprint density at radius 3 is 2.33 bits per heavy atom. The molecule has 2 aromatic rings. The second kappa shape index (κ2) is 8.67. The molecular formula is C18H16F2O4. The van der Waals surface area contributed by atoms with Gasteiger partial charge in [0.05, 0.1) is 6.61 Å². The van der Waals surface area contributed by atoms with Gasteiger partial charge in [-0.1, -0.05) is 30.3 Å². The summed E-state index contributed by atoms with van der Waals surface area (Å²) in [6, 6.07) is 12.9. The lowest BCUT2D eigenvalue weighted by molar-refractivity contribution is -0.129. The van der Waals surface area contributed by atoms with Crippen LogP contribution in [0.15, 0.2) is 54.6 Å². The van der Waals surface area contributed by atoms with Crippen LogP contribution < -0.4 is 14.2 Å². The van der Waals surface area contributed by atoms with Crippen molar-refractivity contribution in [3.05, 3.63) is 60.2 Å². The van der Waals surface area contributed by atoms with Gasteiger partial charge in [-0.2, -0.15) is 8.78 Å². The predicted molar refractivity (Wildman–Crippen MR) is 85.4 cm³/mol. The number of alkyl halides is 2.